The van der Waals surface area contributed by atoms with Crippen molar-refractivity contribution in [3.8, 4) is 11.3 Å². The van der Waals surface area contributed by atoms with Gasteiger partial charge in [0, 0.05) is 5.56 Å². The molecule has 4 heteroatoms. The van der Waals surface area contributed by atoms with Crippen molar-refractivity contribution in [2.24, 2.45) is 0 Å². The van der Waals surface area contributed by atoms with E-state index in [4.69, 9.17) is 9.47 Å². The molecule has 1 aliphatic rings. The van der Waals surface area contributed by atoms with Gasteiger partial charge in [0.05, 0.1) is 5.69 Å². The van der Waals surface area contributed by atoms with Crippen molar-refractivity contribution in [2.45, 2.75) is 0 Å². The maximum Gasteiger partial charge on any atom is 0.232 e. The van der Waals surface area contributed by atoms with Crippen molar-refractivity contribution in [1.29, 1.82) is 0 Å². The number of nitrogens with zero attached hydrogens (tertiary/aromatic N) is 1. The van der Waals surface area contributed by atoms with Crippen LogP contribution in [0.2, 0.25) is 0 Å². The molecule has 18 heavy (non-hydrogen) atoms. The van der Waals surface area contributed by atoms with Crippen LogP contribution >= 0.6 is 0 Å². The Balaban J connectivity index is 1.85. The molecule has 2 heterocycles. The molecular weight excluding hydrogens is 228 g/mol. The summed E-state index contributed by atoms with van der Waals surface area (Å²) < 4.78 is 10.2. The van der Waals surface area contributed by atoms with E-state index in [-0.39, 0.29) is 6.79 Å². The SMILES string of the molecule is C1=C(Nc2cccc(-c3ccccc3)n2)OCO1. The van der Waals surface area contributed by atoms with Gasteiger partial charge in [-0.25, -0.2) is 4.98 Å². The van der Waals surface area contributed by atoms with Crippen molar-refractivity contribution in [3.05, 3.63) is 60.7 Å². The second-order valence-corrected chi connectivity index (χ2v) is 3.81. The molecular formula is C14H12N2O2. The Kier molecular flexibility index (Phi) is 2.84. The minimum absolute atomic E-state index is 0.251. The summed E-state index contributed by atoms with van der Waals surface area (Å²) in [5, 5.41) is 3.05. The van der Waals surface area contributed by atoms with Crippen molar-refractivity contribution >= 4 is 5.82 Å². The van der Waals surface area contributed by atoms with E-state index in [1.165, 1.54) is 6.26 Å². The Bertz CT molecular complexity index is 567. The van der Waals surface area contributed by atoms with E-state index in [2.05, 4.69) is 10.3 Å². The average molecular weight is 240 g/mol. The number of benzene rings is 1. The maximum absolute atomic E-state index is 5.19. The molecule has 0 bridgehead atoms. The van der Waals surface area contributed by atoms with Crippen molar-refractivity contribution in [1.82, 2.24) is 4.98 Å². The molecule has 0 unspecified atom stereocenters. The summed E-state index contributed by atoms with van der Waals surface area (Å²) in [6.07, 6.45) is 1.54. The Labute approximate surface area is 105 Å². The van der Waals surface area contributed by atoms with Crippen LogP contribution in [0.3, 0.4) is 0 Å². The zero-order chi connectivity index (χ0) is 12.2. The first-order chi connectivity index (χ1) is 8.92. The molecule has 0 spiro atoms. The molecule has 1 aromatic carbocycles. The van der Waals surface area contributed by atoms with Gasteiger partial charge in [0.15, 0.2) is 0 Å². The van der Waals surface area contributed by atoms with Crippen LogP contribution in [0.4, 0.5) is 5.82 Å². The highest BCUT2D eigenvalue weighted by molar-refractivity contribution is 5.61. The van der Waals surface area contributed by atoms with Crippen LogP contribution in [-0.2, 0) is 9.47 Å². The van der Waals surface area contributed by atoms with Crippen LogP contribution in [-0.4, -0.2) is 11.8 Å². The summed E-state index contributed by atoms with van der Waals surface area (Å²) in [7, 11) is 0. The third-order valence-corrected chi connectivity index (χ3v) is 2.54. The highest BCUT2D eigenvalue weighted by Gasteiger charge is 2.07. The smallest absolute Gasteiger partial charge is 0.232 e. The normalized spacial score (nSPS) is 13.4. The molecule has 0 amide bonds. The minimum Gasteiger partial charge on any atom is -0.459 e. The largest absolute Gasteiger partial charge is 0.459 e. The number of rotatable bonds is 3. The van der Waals surface area contributed by atoms with E-state index in [0.29, 0.717) is 5.88 Å². The lowest BCUT2D eigenvalue weighted by atomic mass is 10.1. The molecule has 1 N–H and O–H groups in total. The maximum atomic E-state index is 5.19. The number of hydrogen-bond acceptors (Lipinski definition) is 4. The summed E-state index contributed by atoms with van der Waals surface area (Å²) >= 11 is 0. The van der Waals surface area contributed by atoms with Gasteiger partial charge in [-0.05, 0) is 12.1 Å². The van der Waals surface area contributed by atoms with E-state index >= 15 is 0 Å². The molecule has 2 aromatic rings. The van der Waals surface area contributed by atoms with Gasteiger partial charge in [-0.2, -0.15) is 0 Å². The van der Waals surface area contributed by atoms with Crippen LogP contribution in [0.25, 0.3) is 11.3 Å². The van der Waals surface area contributed by atoms with E-state index in [9.17, 15) is 0 Å². The fourth-order valence-electron chi connectivity index (χ4n) is 1.71. The first kappa shape index (κ1) is 10.7. The first-order valence-corrected chi connectivity index (χ1v) is 5.66. The molecule has 90 valence electrons. The zero-order valence-electron chi connectivity index (χ0n) is 9.67. The summed E-state index contributed by atoms with van der Waals surface area (Å²) in [5.74, 6) is 1.31. The Morgan fingerprint density at radius 3 is 2.67 bits per heavy atom. The molecule has 0 radical (unpaired) electrons. The predicted octanol–water partition coefficient (Wildman–Crippen LogP) is 2.96. The summed E-state index contributed by atoms with van der Waals surface area (Å²) in [6.45, 7) is 0.251. The highest BCUT2D eigenvalue weighted by Crippen LogP contribution is 2.19. The standard InChI is InChI=1S/C14H12N2O2/c1-2-5-11(6-3-1)12-7-4-8-13(15-12)16-14-9-17-10-18-14/h1-9H,10H2,(H,15,16). The minimum atomic E-state index is 0.251. The topological polar surface area (TPSA) is 43.4 Å². The quantitative estimate of drug-likeness (QED) is 0.895. The third kappa shape index (κ3) is 2.27. The zero-order valence-corrected chi connectivity index (χ0v) is 9.67. The monoisotopic (exact) mass is 240 g/mol. The van der Waals surface area contributed by atoms with Gasteiger partial charge in [0.25, 0.3) is 0 Å². The van der Waals surface area contributed by atoms with Crippen LogP contribution < -0.4 is 5.32 Å². The fraction of sp³-hybridized carbons (Fsp3) is 0.0714. The number of pyridine rings is 1. The van der Waals surface area contributed by atoms with Crippen molar-refractivity contribution < 1.29 is 9.47 Å². The van der Waals surface area contributed by atoms with Gasteiger partial charge >= 0.3 is 0 Å². The summed E-state index contributed by atoms with van der Waals surface area (Å²) in [6, 6.07) is 15.8. The Morgan fingerprint density at radius 2 is 1.89 bits per heavy atom. The van der Waals surface area contributed by atoms with E-state index in [1.807, 2.05) is 48.5 Å². The Hall–Kier alpha value is -2.49. The molecule has 0 fully saturated rings. The van der Waals surface area contributed by atoms with Crippen molar-refractivity contribution in [3.63, 3.8) is 0 Å². The summed E-state index contributed by atoms with van der Waals surface area (Å²) in [5.41, 5.74) is 2.00. The highest BCUT2D eigenvalue weighted by atomic mass is 16.7. The van der Waals surface area contributed by atoms with Gasteiger partial charge in [-0.1, -0.05) is 36.4 Å². The van der Waals surface area contributed by atoms with E-state index in [1.54, 1.807) is 0 Å². The predicted molar refractivity (Wildman–Crippen MR) is 68.4 cm³/mol. The van der Waals surface area contributed by atoms with E-state index in [0.717, 1.165) is 17.1 Å². The van der Waals surface area contributed by atoms with Crippen LogP contribution in [0.5, 0.6) is 0 Å². The molecule has 3 rings (SSSR count). The van der Waals surface area contributed by atoms with Crippen LogP contribution in [0.1, 0.15) is 0 Å². The lowest BCUT2D eigenvalue weighted by Crippen LogP contribution is -2.01. The molecule has 1 aromatic heterocycles. The summed E-state index contributed by atoms with van der Waals surface area (Å²) in [4.78, 5) is 4.52. The van der Waals surface area contributed by atoms with Gasteiger partial charge < -0.3 is 14.8 Å². The first-order valence-electron chi connectivity index (χ1n) is 5.66. The third-order valence-electron chi connectivity index (χ3n) is 2.54. The second kappa shape index (κ2) is 4.79. The second-order valence-electron chi connectivity index (χ2n) is 3.81. The van der Waals surface area contributed by atoms with Gasteiger partial charge in [0.2, 0.25) is 12.7 Å². The molecule has 4 nitrogen and oxygen atoms in total. The number of hydrogen-bond donors (Lipinski definition) is 1. The number of aromatic nitrogens is 1. The average Bonchev–Trinajstić information content (AvgIpc) is 2.93. The molecule has 0 atom stereocenters. The van der Waals surface area contributed by atoms with Gasteiger partial charge in [0.1, 0.15) is 12.1 Å². The lowest BCUT2D eigenvalue weighted by Gasteiger charge is -2.06. The van der Waals surface area contributed by atoms with E-state index < -0.39 is 0 Å². The number of anilines is 1. The number of ether oxygens (including phenoxy) is 2. The Morgan fingerprint density at radius 1 is 1.00 bits per heavy atom. The van der Waals surface area contributed by atoms with Crippen molar-refractivity contribution in [2.75, 3.05) is 12.1 Å². The lowest BCUT2D eigenvalue weighted by molar-refractivity contribution is 0.0823. The fourth-order valence-corrected chi connectivity index (χ4v) is 1.71. The van der Waals surface area contributed by atoms with Gasteiger partial charge in [-0.3, -0.25) is 0 Å². The molecule has 0 aliphatic carbocycles. The van der Waals surface area contributed by atoms with Crippen LogP contribution in [0, 0.1) is 0 Å². The number of nitrogens with one attached hydrogen (secondary N) is 1. The molecule has 1 aliphatic heterocycles. The molecule has 0 saturated heterocycles. The van der Waals surface area contributed by atoms with Crippen LogP contribution in [0.15, 0.2) is 60.7 Å². The molecule has 0 saturated carbocycles. The van der Waals surface area contributed by atoms with Gasteiger partial charge in [-0.15, -0.1) is 0 Å².